The van der Waals surface area contributed by atoms with E-state index in [9.17, 15) is 4.79 Å². The summed E-state index contributed by atoms with van der Waals surface area (Å²) in [7, 11) is 0. The lowest BCUT2D eigenvalue weighted by atomic mass is 10.1. The predicted octanol–water partition coefficient (Wildman–Crippen LogP) is 1.56. The van der Waals surface area contributed by atoms with E-state index in [1.54, 1.807) is 0 Å². The van der Waals surface area contributed by atoms with Gasteiger partial charge in [-0.25, -0.2) is 0 Å². The lowest BCUT2D eigenvalue weighted by Crippen LogP contribution is -2.29. The highest BCUT2D eigenvalue weighted by atomic mass is 16.3. The van der Waals surface area contributed by atoms with Crippen LogP contribution < -0.4 is 5.32 Å². The van der Waals surface area contributed by atoms with Crippen molar-refractivity contribution >= 4 is 5.91 Å². The summed E-state index contributed by atoms with van der Waals surface area (Å²) in [5.41, 5.74) is 0. The summed E-state index contributed by atoms with van der Waals surface area (Å²) in [5, 5.41) is 11.7. The molecule has 3 nitrogen and oxygen atoms in total. The molecule has 0 saturated carbocycles. The molecule has 0 aliphatic heterocycles. The third-order valence-electron chi connectivity index (χ3n) is 2.54. The molecule has 2 N–H and O–H groups in total. The van der Waals surface area contributed by atoms with E-state index in [1.165, 1.54) is 0 Å². The van der Waals surface area contributed by atoms with E-state index in [2.05, 4.69) is 5.32 Å². The molecule has 0 aliphatic rings. The molecule has 0 aliphatic carbocycles. The first-order valence-electron chi connectivity index (χ1n) is 5.50. The van der Waals surface area contributed by atoms with Crippen LogP contribution in [0.5, 0.6) is 0 Å². The first kappa shape index (κ1) is 13.4. The summed E-state index contributed by atoms with van der Waals surface area (Å²) in [6.45, 7) is 6.92. The van der Waals surface area contributed by atoms with Crippen LogP contribution >= 0.6 is 0 Å². The number of aliphatic hydroxyl groups excluding tert-OH is 1. The molecule has 0 spiro atoms. The van der Waals surface area contributed by atoms with Gasteiger partial charge in [-0.15, -0.1) is 0 Å². The van der Waals surface area contributed by atoms with Gasteiger partial charge in [-0.1, -0.05) is 20.8 Å². The monoisotopic (exact) mass is 201 g/mol. The molecule has 0 heterocycles. The normalized spacial score (nSPS) is 14.9. The number of amides is 1. The van der Waals surface area contributed by atoms with E-state index < -0.39 is 0 Å². The van der Waals surface area contributed by atoms with Crippen molar-refractivity contribution in [3.05, 3.63) is 0 Å². The maximum atomic E-state index is 11.3. The van der Waals surface area contributed by atoms with E-state index in [4.69, 9.17) is 5.11 Å². The molecule has 0 aromatic heterocycles. The van der Waals surface area contributed by atoms with Gasteiger partial charge >= 0.3 is 0 Å². The van der Waals surface area contributed by atoms with Gasteiger partial charge in [-0.3, -0.25) is 4.79 Å². The van der Waals surface area contributed by atoms with Gasteiger partial charge in [0.2, 0.25) is 5.91 Å². The smallest absolute Gasteiger partial charge is 0.222 e. The highest BCUT2D eigenvalue weighted by Gasteiger charge is 2.09. The van der Waals surface area contributed by atoms with Crippen molar-refractivity contribution in [3.8, 4) is 0 Å². The Labute approximate surface area is 86.9 Å². The van der Waals surface area contributed by atoms with Crippen molar-refractivity contribution in [1.29, 1.82) is 0 Å². The van der Waals surface area contributed by atoms with Crippen LogP contribution in [0, 0.1) is 11.8 Å². The maximum absolute atomic E-state index is 11.3. The fourth-order valence-electron chi connectivity index (χ4n) is 1.11. The van der Waals surface area contributed by atoms with Crippen molar-refractivity contribution in [1.82, 2.24) is 5.32 Å². The van der Waals surface area contributed by atoms with Crippen LogP contribution in [0.1, 0.15) is 40.0 Å². The SMILES string of the molecule is CCC(C)C(=O)NCCCC(C)CO. The average Bonchev–Trinajstić information content (AvgIpc) is 2.22. The number of carbonyl (C=O) groups is 1. The Balaban J connectivity index is 3.40. The Kier molecular flexibility index (Phi) is 7.48. The summed E-state index contributed by atoms with van der Waals surface area (Å²) in [4.78, 5) is 11.3. The van der Waals surface area contributed by atoms with E-state index in [0.717, 1.165) is 25.8 Å². The zero-order valence-corrected chi connectivity index (χ0v) is 9.55. The van der Waals surface area contributed by atoms with Crippen molar-refractivity contribution in [2.45, 2.75) is 40.0 Å². The molecule has 0 fully saturated rings. The van der Waals surface area contributed by atoms with Crippen LogP contribution in [0.2, 0.25) is 0 Å². The molecule has 0 saturated heterocycles. The molecule has 84 valence electrons. The highest BCUT2D eigenvalue weighted by molar-refractivity contribution is 5.78. The molecule has 0 aromatic rings. The van der Waals surface area contributed by atoms with Crippen LogP contribution in [0.3, 0.4) is 0 Å². The Morgan fingerprint density at radius 1 is 1.43 bits per heavy atom. The number of nitrogens with one attached hydrogen (secondary N) is 1. The van der Waals surface area contributed by atoms with E-state index in [0.29, 0.717) is 5.92 Å². The van der Waals surface area contributed by atoms with Gasteiger partial charge in [0.1, 0.15) is 0 Å². The number of hydrogen-bond donors (Lipinski definition) is 2. The molecular weight excluding hydrogens is 178 g/mol. The van der Waals surface area contributed by atoms with Crippen LogP contribution in [0.25, 0.3) is 0 Å². The fourth-order valence-corrected chi connectivity index (χ4v) is 1.11. The second-order valence-electron chi connectivity index (χ2n) is 4.03. The lowest BCUT2D eigenvalue weighted by Gasteiger charge is -2.11. The quantitative estimate of drug-likeness (QED) is 0.614. The molecule has 0 rings (SSSR count). The van der Waals surface area contributed by atoms with E-state index in [1.807, 2.05) is 20.8 Å². The Morgan fingerprint density at radius 2 is 2.07 bits per heavy atom. The molecule has 0 bridgehead atoms. The molecular formula is C11H23NO2. The van der Waals surface area contributed by atoms with E-state index >= 15 is 0 Å². The third kappa shape index (κ3) is 5.97. The topological polar surface area (TPSA) is 49.3 Å². The molecule has 1 amide bonds. The zero-order chi connectivity index (χ0) is 11.0. The van der Waals surface area contributed by atoms with Gasteiger partial charge < -0.3 is 10.4 Å². The van der Waals surface area contributed by atoms with Crippen LogP contribution in [0.4, 0.5) is 0 Å². The minimum absolute atomic E-state index is 0.116. The summed E-state index contributed by atoms with van der Waals surface area (Å²) in [5.74, 6) is 0.602. The maximum Gasteiger partial charge on any atom is 0.222 e. The van der Waals surface area contributed by atoms with Gasteiger partial charge in [-0.05, 0) is 25.2 Å². The first-order chi connectivity index (χ1) is 6.61. The molecule has 0 aromatic carbocycles. The number of aliphatic hydroxyl groups is 1. The Morgan fingerprint density at radius 3 is 2.57 bits per heavy atom. The first-order valence-corrected chi connectivity index (χ1v) is 5.50. The summed E-state index contributed by atoms with van der Waals surface area (Å²) in [6.07, 6.45) is 2.81. The van der Waals surface area contributed by atoms with Crippen molar-refractivity contribution in [3.63, 3.8) is 0 Å². The standard InChI is InChI=1S/C11H23NO2/c1-4-10(3)11(14)12-7-5-6-9(2)8-13/h9-10,13H,4-8H2,1-3H3,(H,12,14). The average molecular weight is 201 g/mol. The molecule has 2 atom stereocenters. The van der Waals surface area contributed by atoms with Gasteiger partial charge in [0.25, 0.3) is 0 Å². The highest BCUT2D eigenvalue weighted by Crippen LogP contribution is 2.03. The second kappa shape index (κ2) is 7.80. The van der Waals surface area contributed by atoms with Crippen LogP contribution in [0.15, 0.2) is 0 Å². The third-order valence-corrected chi connectivity index (χ3v) is 2.54. The molecule has 14 heavy (non-hydrogen) atoms. The van der Waals surface area contributed by atoms with Crippen LogP contribution in [-0.4, -0.2) is 24.2 Å². The molecule has 0 radical (unpaired) electrons. The van der Waals surface area contributed by atoms with Crippen molar-refractivity contribution < 1.29 is 9.90 Å². The lowest BCUT2D eigenvalue weighted by molar-refractivity contribution is -0.124. The zero-order valence-electron chi connectivity index (χ0n) is 9.55. The summed E-state index contributed by atoms with van der Waals surface area (Å²) >= 11 is 0. The van der Waals surface area contributed by atoms with Crippen LogP contribution in [-0.2, 0) is 4.79 Å². The molecule has 2 unspecified atom stereocenters. The van der Waals surface area contributed by atoms with Crippen molar-refractivity contribution in [2.75, 3.05) is 13.2 Å². The Hall–Kier alpha value is -0.570. The summed E-state index contributed by atoms with van der Waals surface area (Å²) < 4.78 is 0. The summed E-state index contributed by atoms with van der Waals surface area (Å²) in [6, 6.07) is 0. The minimum atomic E-state index is 0.116. The van der Waals surface area contributed by atoms with Gasteiger partial charge in [0, 0.05) is 19.1 Å². The number of rotatable bonds is 7. The second-order valence-corrected chi connectivity index (χ2v) is 4.03. The van der Waals surface area contributed by atoms with Crippen molar-refractivity contribution in [2.24, 2.45) is 11.8 Å². The van der Waals surface area contributed by atoms with Gasteiger partial charge in [0.15, 0.2) is 0 Å². The van der Waals surface area contributed by atoms with Gasteiger partial charge in [0.05, 0.1) is 0 Å². The largest absolute Gasteiger partial charge is 0.396 e. The van der Waals surface area contributed by atoms with E-state index in [-0.39, 0.29) is 18.4 Å². The number of hydrogen-bond acceptors (Lipinski definition) is 2. The minimum Gasteiger partial charge on any atom is -0.396 e. The molecule has 3 heteroatoms. The fraction of sp³-hybridized carbons (Fsp3) is 0.909. The number of carbonyl (C=O) groups excluding carboxylic acids is 1. The predicted molar refractivity (Wildman–Crippen MR) is 57.9 cm³/mol. The van der Waals surface area contributed by atoms with Gasteiger partial charge in [-0.2, -0.15) is 0 Å². The Bertz CT molecular complexity index is 159.